The minimum atomic E-state index is 0.119. The molecule has 0 bridgehead atoms. The molecule has 0 aliphatic heterocycles. The van der Waals surface area contributed by atoms with Crippen molar-refractivity contribution in [3.8, 4) is 5.75 Å². The summed E-state index contributed by atoms with van der Waals surface area (Å²) in [6.45, 7) is 4.55. The molecule has 0 saturated carbocycles. The van der Waals surface area contributed by atoms with Crippen molar-refractivity contribution in [2.24, 2.45) is 5.73 Å². The van der Waals surface area contributed by atoms with E-state index in [1.807, 2.05) is 0 Å². The second-order valence-electron chi connectivity index (χ2n) is 5.78. The van der Waals surface area contributed by atoms with Crippen molar-refractivity contribution < 1.29 is 4.74 Å². The van der Waals surface area contributed by atoms with Gasteiger partial charge in [0.05, 0.1) is 7.11 Å². The van der Waals surface area contributed by atoms with Crippen LogP contribution in [0.4, 0.5) is 0 Å². The van der Waals surface area contributed by atoms with E-state index in [-0.39, 0.29) is 11.5 Å². The van der Waals surface area contributed by atoms with E-state index in [0.29, 0.717) is 0 Å². The van der Waals surface area contributed by atoms with E-state index in [9.17, 15) is 0 Å². The van der Waals surface area contributed by atoms with Crippen LogP contribution in [-0.4, -0.2) is 7.11 Å². The molecule has 0 heterocycles. The van der Waals surface area contributed by atoms with Gasteiger partial charge in [-0.05, 0) is 34.4 Å². The van der Waals surface area contributed by atoms with Crippen molar-refractivity contribution >= 4 is 10.8 Å². The van der Waals surface area contributed by atoms with Gasteiger partial charge in [-0.3, -0.25) is 0 Å². The van der Waals surface area contributed by atoms with Gasteiger partial charge >= 0.3 is 0 Å². The average molecular weight is 241 g/mol. The van der Waals surface area contributed by atoms with E-state index in [2.05, 4.69) is 44.2 Å². The molecular weight excluding hydrogens is 222 g/mol. The standard InChI is InChI=1S/C16H19NO/c1-16(2)9-13(17)12-8-14(18-3)10-6-4-5-7-11(10)15(12)16/h4-8,13H,9,17H2,1-3H3/t13-/m1/s1. The zero-order valence-electron chi connectivity index (χ0n) is 11.2. The molecule has 2 aromatic rings. The maximum absolute atomic E-state index is 6.28. The van der Waals surface area contributed by atoms with Gasteiger partial charge < -0.3 is 10.5 Å². The molecule has 0 aromatic heterocycles. The fraction of sp³-hybridized carbons (Fsp3) is 0.375. The molecule has 3 rings (SSSR count). The summed E-state index contributed by atoms with van der Waals surface area (Å²) in [5.41, 5.74) is 9.06. The predicted molar refractivity (Wildman–Crippen MR) is 75.1 cm³/mol. The molecule has 2 heteroatoms. The Labute approximate surface area is 108 Å². The normalized spacial score (nSPS) is 21.0. The van der Waals surface area contributed by atoms with Gasteiger partial charge in [-0.2, -0.15) is 0 Å². The summed E-state index contributed by atoms with van der Waals surface area (Å²) in [5.74, 6) is 0.928. The number of fused-ring (bicyclic) bond motifs is 3. The third kappa shape index (κ3) is 1.45. The van der Waals surface area contributed by atoms with Crippen LogP contribution in [0.15, 0.2) is 30.3 Å². The SMILES string of the molecule is COc1cc2c(c3ccccc13)C(C)(C)C[C@H]2N. The Morgan fingerprint density at radius 3 is 2.56 bits per heavy atom. The number of hydrogen-bond acceptors (Lipinski definition) is 2. The summed E-state index contributed by atoms with van der Waals surface area (Å²) in [4.78, 5) is 0. The number of hydrogen-bond donors (Lipinski definition) is 1. The van der Waals surface area contributed by atoms with Gasteiger partial charge in [-0.25, -0.2) is 0 Å². The molecule has 1 aliphatic carbocycles. The summed E-state index contributed by atoms with van der Waals surface area (Å²) >= 11 is 0. The molecular formula is C16H19NO. The summed E-state index contributed by atoms with van der Waals surface area (Å²) < 4.78 is 5.51. The number of nitrogens with two attached hydrogens (primary N) is 1. The largest absolute Gasteiger partial charge is 0.496 e. The summed E-state index contributed by atoms with van der Waals surface area (Å²) in [6.07, 6.45) is 0.999. The van der Waals surface area contributed by atoms with Crippen molar-refractivity contribution in [3.05, 3.63) is 41.5 Å². The summed E-state index contributed by atoms with van der Waals surface area (Å²) in [7, 11) is 1.72. The van der Waals surface area contributed by atoms with Crippen LogP contribution >= 0.6 is 0 Å². The highest BCUT2D eigenvalue weighted by Gasteiger charge is 2.37. The van der Waals surface area contributed by atoms with Crippen LogP contribution < -0.4 is 10.5 Å². The lowest BCUT2D eigenvalue weighted by atomic mass is 9.83. The van der Waals surface area contributed by atoms with Crippen LogP contribution in [0.3, 0.4) is 0 Å². The maximum atomic E-state index is 6.28. The molecule has 0 amide bonds. The Morgan fingerprint density at radius 1 is 1.22 bits per heavy atom. The van der Waals surface area contributed by atoms with E-state index in [1.54, 1.807) is 7.11 Å². The zero-order valence-corrected chi connectivity index (χ0v) is 11.2. The molecule has 0 unspecified atom stereocenters. The molecule has 0 radical (unpaired) electrons. The first-order valence-electron chi connectivity index (χ1n) is 6.40. The third-order valence-corrected chi connectivity index (χ3v) is 4.06. The number of benzene rings is 2. The van der Waals surface area contributed by atoms with Gasteiger partial charge in [0.25, 0.3) is 0 Å². The molecule has 2 aromatic carbocycles. The topological polar surface area (TPSA) is 35.2 Å². The van der Waals surface area contributed by atoms with Gasteiger partial charge in [0.1, 0.15) is 5.75 Å². The molecule has 0 saturated heterocycles. The monoisotopic (exact) mass is 241 g/mol. The van der Waals surface area contributed by atoms with E-state index < -0.39 is 0 Å². The molecule has 1 aliphatic rings. The van der Waals surface area contributed by atoms with Crippen molar-refractivity contribution in [1.82, 2.24) is 0 Å². The van der Waals surface area contributed by atoms with Crippen LogP contribution in [0, 0.1) is 0 Å². The molecule has 2 N–H and O–H groups in total. The summed E-state index contributed by atoms with van der Waals surface area (Å²) in [5, 5.41) is 2.46. The number of ether oxygens (including phenoxy) is 1. The van der Waals surface area contributed by atoms with E-state index in [0.717, 1.165) is 12.2 Å². The Kier molecular flexibility index (Phi) is 2.39. The first-order valence-corrected chi connectivity index (χ1v) is 6.40. The molecule has 0 fully saturated rings. The number of methoxy groups -OCH3 is 1. The Hall–Kier alpha value is -1.54. The highest BCUT2D eigenvalue weighted by atomic mass is 16.5. The van der Waals surface area contributed by atoms with Crippen LogP contribution in [0.2, 0.25) is 0 Å². The van der Waals surface area contributed by atoms with Gasteiger partial charge in [-0.1, -0.05) is 38.1 Å². The highest BCUT2D eigenvalue weighted by molar-refractivity contribution is 5.93. The Bertz CT molecular complexity index is 616. The van der Waals surface area contributed by atoms with Crippen molar-refractivity contribution in [3.63, 3.8) is 0 Å². The zero-order chi connectivity index (χ0) is 12.9. The lowest BCUT2D eigenvalue weighted by Crippen LogP contribution is -2.14. The second-order valence-corrected chi connectivity index (χ2v) is 5.78. The first-order chi connectivity index (χ1) is 8.54. The van der Waals surface area contributed by atoms with Crippen molar-refractivity contribution in [2.45, 2.75) is 31.7 Å². The fourth-order valence-electron chi connectivity index (χ4n) is 3.34. The van der Waals surface area contributed by atoms with Crippen LogP contribution in [0.1, 0.15) is 37.4 Å². The van der Waals surface area contributed by atoms with E-state index >= 15 is 0 Å². The first kappa shape index (κ1) is 11.5. The smallest absolute Gasteiger partial charge is 0.127 e. The van der Waals surface area contributed by atoms with Gasteiger partial charge in [0.15, 0.2) is 0 Å². The minimum absolute atomic E-state index is 0.119. The predicted octanol–water partition coefficient (Wildman–Crippen LogP) is 3.53. The second kappa shape index (κ2) is 3.72. The average Bonchev–Trinajstić information content (AvgIpc) is 2.58. The van der Waals surface area contributed by atoms with E-state index in [4.69, 9.17) is 10.5 Å². The van der Waals surface area contributed by atoms with Crippen LogP contribution in [-0.2, 0) is 5.41 Å². The minimum Gasteiger partial charge on any atom is -0.496 e. The lowest BCUT2D eigenvalue weighted by Gasteiger charge is -2.21. The quantitative estimate of drug-likeness (QED) is 0.829. The molecule has 94 valence electrons. The molecule has 1 atom stereocenters. The van der Waals surface area contributed by atoms with E-state index in [1.165, 1.54) is 21.9 Å². The Morgan fingerprint density at radius 2 is 1.89 bits per heavy atom. The molecule has 18 heavy (non-hydrogen) atoms. The highest BCUT2D eigenvalue weighted by Crippen LogP contribution is 2.48. The Balaban J connectivity index is 2.44. The molecule has 0 spiro atoms. The lowest BCUT2D eigenvalue weighted by molar-refractivity contribution is 0.419. The number of rotatable bonds is 1. The molecule has 2 nitrogen and oxygen atoms in total. The fourth-order valence-corrected chi connectivity index (χ4v) is 3.34. The van der Waals surface area contributed by atoms with Crippen LogP contribution in [0.25, 0.3) is 10.8 Å². The van der Waals surface area contributed by atoms with Crippen molar-refractivity contribution in [1.29, 1.82) is 0 Å². The van der Waals surface area contributed by atoms with Gasteiger partial charge in [-0.15, -0.1) is 0 Å². The van der Waals surface area contributed by atoms with Crippen molar-refractivity contribution in [2.75, 3.05) is 7.11 Å². The summed E-state index contributed by atoms with van der Waals surface area (Å²) in [6, 6.07) is 10.7. The maximum Gasteiger partial charge on any atom is 0.127 e. The van der Waals surface area contributed by atoms with Gasteiger partial charge in [0.2, 0.25) is 0 Å². The van der Waals surface area contributed by atoms with Crippen LogP contribution in [0.5, 0.6) is 5.75 Å². The third-order valence-electron chi connectivity index (χ3n) is 4.06. The van der Waals surface area contributed by atoms with Gasteiger partial charge in [0, 0.05) is 11.4 Å².